The van der Waals surface area contributed by atoms with Crippen molar-refractivity contribution in [3.63, 3.8) is 0 Å². The van der Waals surface area contributed by atoms with E-state index in [0.29, 0.717) is 12.1 Å². The molecule has 2 aliphatic rings. The quantitative estimate of drug-likeness (QED) is 0.701. The zero-order valence-electron chi connectivity index (χ0n) is 10.4. The van der Waals surface area contributed by atoms with Crippen molar-refractivity contribution in [2.24, 2.45) is 0 Å². The van der Waals surface area contributed by atoms with E-state index in [1.165, 1.54) is 11.3 Å². The number of aromatic nitrogens is 2. The topological polar surface area (TPSA) is 53.3 Å². The van der Waals surface area contributed by atoms with Crippen LogP contribution in [0, 0.1) is 0 Å². The maximum absolute atomic E-state index is 9.80. The monoisotopic (exact) mass is 234 g/mol. The number of fused-ring (bicyclic) bond motifs is 1. The molecule has 0 aliphatic carbocycles. The van der Waals surface area contributed by atoms with Crippen LogP contribution in [0.25, 0.3) is 0 Å². The molecule has 0 unspecified atom stereocenters. The van der Waals surface area contributed by atoms with Gasteiger partial charge >= 0.3 is 7.05 Å². The normalized spacial score (nSPS) is 25.5. The molecule has 1 fully saturated rings. The summed E-state index contributed by atoms with van der Waals surface area (Å²) < 4.78 is 2.15. The van der Waals surface area contributed by atoms with Crippen molar-refractivity contribution in [1.29, 1.82) is 0 Å². The summed E-state index contributed by atoms with van der Waals surface area (Å²) in [7, 11) is -0.388. The van der Waals surface area contributed by atoms with Crippen molar-refractivity contribution >= 4 is 7.05 Å². The van der Waals surface area contributed by atoms with Gasteiger partial charge in [0.2, 0.25) is 0 Å². The van der Waals surface area contributed by atoms with Crippen LogP contribution in [0.1, 0.15) is 24.2 Å². The van der Waals surface area contributed by atoms with E-state index in [1.807, 2.05) is 13.0 Å². The van der Waals surface area contributed by atoms with Crippen LogP contribution in [-0.2, 0) is 13.0 Å². The van der Waals surface area contributed by atoms with E-state index in [0.717, 1.165) is 26.1 Å². The number of rotatable bonds is 2. The molecule has 5 nitrogen and oxygen atoms in total. The summed E-state index contributed by atoms with van der Waals surface area (Å²) in [6.07, 6.45) is 2.99. The van der Waals surface area contributed by atoms with E-state index in [4.69, 9.17) is 0 Å². The first-order valence-electron chi connectivity index (χ1n) is 6.36. The molecular weight excluding hydrogens is 215 g/mol. The summed E-state index contributed by atoms with van der Waals surface area (Å²) in [5, 5.41) is 17.6. The molecule has 0 aromatic carbocycles. The van der Waals surface area contributed by atoms with Crippen molar-refractivity contribution in [2.75, 3.05) is 13.1 Å². The average Bonchev–Trinajstić information content (AvgIpc) is 2.57. The van der Waals surface area contributed by atoms with Crippen molar-refractivity contribution in [3.05, 3.63) is 17.5 Å². The lowest BCUT2D eigenvalue weighted by atomic mass is 9.80. The minimum Gasteiger partial charge on any atom is -0.437 e. The third kappa shape index (κ3) is 1.80. The van der Waals surface area contributed by atoms with Gasteiger partial charge in [0.25, 0.3) is 0 Å². The molecule has 0 amide bonds. The van der Waals surface area contributed by atoms with Gasteiger partial charge in [0.1, 0.15) is 0 Å². The van der Waals surface area contributed by atoms with Crippen LogP contribution in [0.4, 0.5) is 0 Å². The lowest BCUT2D eigenvalue weighted by Gasteiger charge is -2.36. The SMILES string of the molecule is CB(O)N1Cc2c(cnn2C2CNC2)C[C@H]1C. The highest BCUT2D eigenvalue weighted by Gasteiger charge is 2.32. The molecule has 0 radical (unpaired) electrons. The molecule has 17 heavy (non-hydrogen) atoms. The Labute approximate surface area is 102 Å². The first kappa shape index (κ1) is 11.3. The summed E-state index contributed by atoms with van der Waals surface area (Å²) in [6.45, 7) is 6.84. The van der Waals surface area contributed by atoms with Gasteiger partial charge in [-0.2, -0.15) is 5.10 Å². The third-order valence-electron chi connectivity index (χ3n) is 3.98. The Balaban J connectivity index is 1.89. The molecule has 6 heteroatoms. The molecule has 92 valence electrons. The fourth-order valence-corrected chi connectivity index (χ4v) is 2.79. The van der Waals surface area contributed by atoms with E-state index < -0.39 is 0 Å². The van der Waals surface area contributed by atoms with Gasteiger partial charge in [-0.05, 0) is 18.8 Å². The molecule has 1 aromatic rings. The van der Waals surface area contributed by atoms with Crippen LogP contribution in [0.2, 0.25) is 6.82 Å². The van der Waals surface area contributed by atoms with Gasteiger partial charge in [-0.1, -0.05) is 6.92 Å². The largest absolute Gasteiger partial charge is 0.437 e. The minimum atomic E-state index is -0.388. The van der Waals surface area contributed by atoms with Crippen LogP contribution in [0.3, 0.4) is 0 Å². The van der Waals surface area contributed by atoms with Crippen LogP contribution in [0.5, 0.6) is 0 Å². The maximum Gasteiger partial charge on any atom is 0.376 e. The lowest BCUT2D eigenvalue weighted by molar-refractivity contribution is 0.247. The highest BCUT2D eigenvalue weighted by atomic mass is 16.2. The molecule has 3 heterocycles. The molecule has 1 atom stereocenters. The molecular formula is C11H19BN4O. The van der Waals surface area contributed by atoms with Crippen molar-refractivity contribution in [3.8, 4) is 0 Å². The Kier molecular flexibility index (Phi) is 2.73. The fraction of sp³-hybridized carbons (Fsp3) is 0.727. The Morgan fingerprint density at radius 3 is 2.88 bits per heavy atom. The van der Waals surface area contributed by atoms with E-state index in [-0.39, 0.29) is 7.05 Å². The first-order valence-corrected chi connectivity index (χ1v) is 6.36. The Bertz CT molecular complexity index is 416. The lowest BCUT2D eigenvalue weighted by Crippen LogP contribution is -2.49. The highest BCUT2D eigenvalue weighted by Crippen LogP contribution is 2.26. The Morgan fingerprint density at radius 1 is 1.53 bits per heavy atom. The molecule has 1 aromatic heterocycles. The summed E-state index contributed by atoms with van der Waals surface area (Å²) in [6, 6.07) is 0.891. The second-order valence-electron chi connectivity index (χ2n) is 5.23. The van der Waals surface area contributed by atoms with Crippen molar-refractivity contribution < 1.29 is 5.02 Å². The molecule has 2 N–H and O–H groups in total. The smallest absolute Gasteiger partial charge is 0.376 e. The highest BCUT2D eigenvalue weighted by molar-refractivity contribution is 6.45. The van der Waals surface area contributed by atoms with E-state index in [9.17, 15) is 5.02 Å². The van der Waals surface area contributed by atoms with Gasteiger partial charge in [-0.25, -0.2) is 0 Å². The van der Waals surface area contributed by atoms with Crippen LogP contribution in [0.15, 0.2) is 6.20 Å². The number of nitrogens with zero attached hydrogens (tertiary/aromatic N) is 3. The number of hydrogen-bond donors (Lipinski definition) is 2. The van der Waals surface area contributed by atoms with Crippen molar-refractivity contribution in [2.45, 2.75) is 38.8 Å². The van der Waals surface area contributed by atoms with Gasteiger partial charge in [-0.3, -0.25) is 4.68 Å². The number of nitrogens with one attached hydrogen (secondary N) is 1. The summed E-state index contributed by atoms with van der Waals surface area (Å²) in [5.74, 6) is 0. The van der Waals surface area contributed by atoms with Crippen molar-refractivity contribution in [1.82, 2.24) is 19.9 Å². The average molecular weight is 234 g/mol. The fourth-order valence-electron chi connectivity index (χ4n) is 2.79. The zero-order chi connectivity index (χ0) is 12.0. The predicted molar refractivity (Wildman–Crippen MR) is 66.7 cm³/mol. The van der Waals surface area contributed by atoms with Gasteiger partial charge in [0.05, 0.1) is 17.9 Å². The van der Waals surface area contributed by atoms with Gasteiger partial charge in [0.15, 0.2) is 0 Å². The Morgan fingerprint density at radius 2 is 2.29 bits per heavy atom. The van der Waals surface area contributed by atoms with Gasteiger partial charge in [0, 0.05) is 25.7 Å². The minimum absolute atomic E-state index is 0.388. The number of hydrogen-bond acceptors (Lipinski definition) is 4. The predicted octanol–water partition coefficient (Wildman–Crippen LogP) is -0.116. The Hall–Kier alpha value is -0.845. The molecule has 0 bridgehead atoms. The van der Waals surface area contributed by atoms with Crippen LogP contribution in [-0.4, -0.2) is 45.8 Å². The van der Waals surface area contributed by atoms with E-state index in [1.54, 1.807) is 0 Å². The molecule has 0 spiro atoms. The first-order chi connectivity index (χ1) is 8.16. The maximum atomic E-state index is 9.80. The molecule has 0 saturated carbocycles. The molecule has 3 rings (SSSR count). The summed E-state index contributed by atoms with van der Waals surface area (Å²) in [4.78, 5) is 2.13. The standard InChI is InChI=1S/C11H19BN4O/c1-8-3-9-4-14-16(10-5-13-6-10)11(9)7-15(8)12(2)17/h4,8,10,13,17H,3,5-7H2,1-2H3/t8-/m1/s1. The van der Waals surface area contributed by atoms with Crippen LogP contribution >= 0.6 is 0 Å². The van der Waals surface area contributed by atoms with E-state index >= 15 is 0 Å². The zero-order valence-corrected chi connectivity index (χ0v) is 10.4. The van der Waals surface area contributed by atoms with Gasteiger partial charge in [-0.15, -0.1) is 0 Å². The van der Waals surface area contributed by atoms with Gasteiger partial charge < -0.3 is 15.2 Å². The molecule has 2 aliphatic heterocycles. The second kappa shape index (κ2) is 4.12. The van der Waals surface area contributed by atoms with Crippen LogP contribution < -0.4 is 5.32 Å². The van der Waals surface area contributed by atoms with E-state index in [2.05, 4.69) is 26.8 Å². The summed E-state index contributed by atoms with van der Waals surface area (Å²) in [5.41, 5.74) is 2.64. The molecule has 1 saturated heterocycles. The second-order valence-corrected chi connectivity index (χ2v) is 5.23. The summed E-state index contributed by atoms with van der Waals surface area (Å²) >= 11 is 0. The third-order valence-corrected chi connectivity index (χ3v) is 3.98.